The molecule has 1 unspecified atom stereocenters. The third-order valence-electron chi connectivity index (χ3n) is 1.91. The van der Waals surface area contributed by atoms with Gasteiger partial charge >= 0.3 is 0 Å². The van der Waals surface area contributed by atoms with E-state index in [1.165, 1.54) is 16.3 Å². The van der Waals surface area contributed by atoms with Gasteiger partial charge in [-0.2, -0.15) is 4.80 Å². The van der Waals surface area contributed by atoms with Gasteiger partial charge in [-0.25, -0.2) is 0 Å². The van der Waals surface area contributed by atoms with Crippen molar-refractivity contribution in [1.82, 2.24) is 29.8 Å². The Morgan fingerprint density at radius 2 is 2.27 bits per heavy atom. The number of nitrogens with zero attached hydrogens (tertiary/aromatic N) is 6. The van der Waals surface area contributed by atoms with Gasteiger partial charge in [0.25, 0.3) is 0 Å². The quantitative estimate of drug-likeness (QED) is 0.769. The van der Waals surface area contributed by atoms with Gasteiger partial charge in [0.1, 0.15) is 0 Å². The third-order valence-corrected chi connectivity index (χ3v) is 2.84. The van der Waals surface area contributed by atoms with Crippen molar-refractivity contribution in [2.24, 2.45) is 7.05 Å². The Morgan fingerprint density at radius 1 is 1.47 bits per heavy atom. The number of hydrogen-bond donors (Lipinski definition) is 1. The minimum absolute atomic E-state index is 0.332. The summed E-state index contributed by atoms with van der Waals surface area (Å²) in [6.07, 6.45) is -0.326. The molecule has 2 aromatic heterocycles. The van der Waals surface area contributed by atoms with Gasteiger partial charge in [0.15, 0.2) is 5.82 Å². The van der Waals surface area contributed by atoms with Crippen LogP contribution in [0.5, 0.6) is 0 Å². The maximum absolute atomic E-state index is 9.87. The molecule has 7 nitrogen and oxygen atoms in total. The van der Waals surface area contributed by atoms with E-state index in [0.717, 1.165) is 10.6 Å². The fourth-order valence-corrected chi connectivity index (χ4v) is 1.84. The van der Waals surface area contributed by atoms with Crippen molar-refractivity contribution in [3.8, 4) is 0 Å². The van der Waals surface area contributed by atoms with Crippen molar-refractivity contribution in [3.05, 3.63) is 16.4 Å². The highest BCUT2D eigenvalue weighted by atomic mass is 32.1. The predicted octanol–water partition coefficient (Wildman–Crippen LogP) is -0.354. The monoisotopic (exact) mass is 226 g/mol. The van der Waals surface area contributed by atoms with Gasteiger partial charge < -0.3 is 5.11 Å². The molecule has 0 aromatic carbocycles. The molecule has 0 aliphatic carbocycles. The Hall–Kier alpha value is -1.41. The van der Waals surface area contributed by atoms with Crippen molar-refractivity contribution in [3.63, 3.8) is 0 Å². The van der Waals surface area contributed by atoms with E-state index in [9.17, 15) is 5.11 Å². The Labute approximate surface area is 89.9 Å². The molecule has 2 aromatic rings. The van der Waals surface area contributed by atoms with Gasteiger partial charge in [-0.15, -0.1) is 15.3 Å². The number of aliphatic hydroxyl groups is 1. The molecule has 0 spiro atoms. The highest BCUT2D eigenvalue weighted by Crippen LogP contribution is 2.21. The number of tetrazole rings is 1. The van der Waals surface area contributed by atoms with Gasteiger partial charge in [-0.1, -0.05) is 4.49 Å². The summed E-state index contributed by atoms with van der Waals surface area (Å²) >= 11 is 1.19. The molecule has 15 heavy (non-hydrogen) atoms. The van der Waals surface area contributed by atoms with Gasteiger partial charge in [-0.05, 0) is 23.7 Å². The fourth-order valence-electron chi connectivity index (χ4n) is 1.21. The first kappa shape index (κ1) is 10.1. The maximum Gasteiger partial charge on any atom is 0.177 e. The van der Waals surface area contributed by atoms with E-state index < -0.39 is 6.10 Å². The van der Waals surface area contributed by atoms with Gasteiger partial charge in [0, 0.05) is 6.42 Å². The molecule has 0 aliphatic rings. The van der Waals surface area contributed by atoms with Crippen LogP contribution in [0.3, 0.4) is 0 Å². The predicted molar refractivity (Wildman–Crippen MR) is 52.1 cm³/mol. The van der Waals surface area contributed by atoms with Gasteiger partial charge in [0.05, 0.1) is 23.7 Å². The van der Waals surface area contributed by atoms with Crippen LogP contribution in [0.25, 0.3) is 0 Å². The fraction of sp³-hybridized carbons (Fsp3) is 0.571. The number of hydrogen-bond acceptors (Lipinski definition) is 7. The summed E-state index contributed by atoms with van der Waals surface area (Å²) in [5.74, 6) is 0.512. The minimum atomic E-state index is -0.658. The number of aromatic nitrogens is 6. The molecule has 2 rings (SSSR count). The molecule has 0 radical (unpaired) electrons. The lowest BCUT2D eigenvalue weighted by atomic mass is 10.2. The van der Waals surface area contributed by atoms with E-state index in [0.29, 0.717) is 12.2 Å². The first-order chi connectivity index (χ1) is 7.16. The van der Waals surface area contributed by atoms with Crippen LogP contribution in [0.1, 0.15) is 22.5 Å². The highest BCUT2D eigenvalue weighted by Gasteiger charge is 2.17. The smallest absolute Gasteiger partial charge is 0.177 e. The average Bonchev–Trinajstić information content (AvgIpc) is 2.75. The van der Waals surface area contributed by atoms with Crippen molar-refractivity contribution >= 4 is 11.5 Å². The van der Waals surface area contributed by atoms with Crippen LogP contribution >= 0.6 is 11.5 Å². The zero-order chi connectivity index (χ0) is 10.8. The average molecular weight is 226 g/mol. The van der Waals surface area contributed by atoms with Crippen LogP contribution in [-0.2, 0) is 13.5 Å². The van der Waals surface area contributed by atoms with Crippen LogP contribution < -0.4 is 0 Å². The summed E-state index contributed by atoms with van der Waals surface area (Å²) in [4.78, 5) is 2.11. The molecule has 0 fully saturated rings. The topological polar surface area (TPSA) is 89.6 Å². The van der Waals surface area contributed by atoms with E-state index in [1.54, 1.807) is 7.05 Å². The molecular weight excluding hydrogens is 216 g/mol. The van der Waals surface area contributed by atoms with Crippen LogP contribution in [0.4, 0.5) is 0 Å². The second-order valence-corrected chi connectivity index (χ2v) is 3.92. The second-order valence-electron chi connectivity index (χ2n) is 3.14. The molecule has 0 aliphatic heterocycles. The van der Waals surface area contributed by atoms with Crippen LogP contribution in [0, 0.1) is 6.92 Å². The Kier molecular flexibility index (Phi) is 2.69. The summed E-state index contributed by atoms with van der Waals surface area (Å²) < 4.78 is 3.76. The van der Waals surface area contributed by atoms with E-state index in [1.807, 2.05) is 6.92 Å². The first-order valence-corrected chi connectivity index (χ1v) is 5.14. The summed E-state index contributed by atoms with van der Waals surface area (Å²) in [6.45, 7) is 1.81. The van der Waals surface area contributed by atoms with E-state index >= 15 is 0 Å². The molecule has 1 N–H and O–H groups in total. The van der Waals surface area contributed by atoms with E-state index in [4.69, 9.17) is 0 Å². The third kappa shape index (κ3) is 2.16. The molecule has 0 saturated heterocycles. The van der Waals surface area contributed by atoms with Crippen LogP contribution in [-0.4, -0.2) is 34.9 Å². The zero-order valence-corrected chi connectivity index (χ0v) is 9.14. The molecule has 2 heterocycles. The van der Waals surface area contributed by atoms with Crippen molar-refractivity contribution < 1.29 is 5.11 Å². The zero-order valence-electron chi connectivity index (χ0n) is 8.32. The molecular formula is C7H10N6OS. The molecule has 80 valence electrons. The van der Waals surface area contributed by atoms with Crippen LogP contribution in [0.2, 0.25) is 0 Å². The normalized spacial score (nSPS) is 13.0. The number of aliphatic hydroxyl groups excluding tert-OH is 1. The Morgan fingerprint density at radius 3 is 2.80 bits per heavy atom. The van der Waals surface area contributed by atoms with E-state index in [2.05, 4.69) is 25.0 Å². The lowest BCUT2D eigenvalue weighted by Gasteiger charge is -2.04. The largest absolute Gasteiger partial charge is 0.387 e. The molecule has 0 amide bonds. The first-order valence-electron chi connectivity index (χ1n) is 4.36. The van der Waals surface area contributed by atoms with Crippen LogP contribution in [0.15, 0.2) is 0 Å². The summed E-state index contributed by atoms with van der Waals surface area (Å²) in [7, 11) is 1.68. The Balaban J connectivity index is 2.10. The summed E-state index contributed by atoms with van der Waals surface area (Å²) in [6, 6.07) is 0. The number of rotatable bonds is 3. The van der Waals surface area contributed by atoms with Crippen molar-refractivity contribution in [1.29, 1.82) is 0 Å². The maximum atomic E-state index is 9.87. The lowest BCUT2D eigenvalue weighted by Crippen LogP contribution is -2.03. The van der Waals surface area contributed by atoms with Gasteiger partial charge in [-0.3, -0.25) is 0 Å². The Bertz CT molecular complexity index is 452. The summed E-state index contributed by atoms with van der Waals surface area (Å²) in [5.41, 5.74) is 0.747. The SMILES string of the molecule is Cc1nnsc1C(O)Cc1nnn(C)n1. The lowest BCUT2D eigenvalue weighted by molar-refractivity contribution is 0.178. The minimum Gasteiger partial charge on any atom is -0.387 e. The molecule has 0 bridgehead atoms. The molecule has 0 saturated carbocycles. The number of aryl methyl sites for hydroxylation is 2. The standard InChI is InChI=1S/C7H10N6OS/c1-4-7(15-12-8-4)5(14)3-6-9-11-13(2)10-6/h5,14H,3H2,1-2H3. The second kappa shape index (κ2) is 3.99. The molecule has 1 atom stereocenters. The van der Waals surface area contributed by atoms with E-state index in [-0.39, 0.29) is 0 Å². The van der Waals surface area contributed by atoms with Crippen molar-refractivity contribution in [2.45, 2.75) is 19.4 Å². The molecule has 8 heteroatoms. The highest BCUT2D eigenvalue weighted by molar-refractivity contribution is 7.05. The van der Waals surface area contributed by atoms with Crippen molar-refractivity contribution in [2.75, 3.05) is 0 Å². The summed E-state index contributed by atoms with van der Waals surface area (Å²) in [5, 5.41) is 25.2. The van der Waals surface area contributed by atoms with Gasteiger partial charge in [0.2, 0.25) is 0 Å².